The topological polar surface area (TPSA) is 46.5 Å². The second-order valence-electron chi connectivity index (χ2n) is 2.89. The molecule has 0 unspecified atom stereocenters. The molecule has 0 aliphatic rings. The highest BCUT2D eigenvalue weighted by molar-refractivity contribution is 5.76. The summed E-state index contributed by atoms with van der Waals surface area (Å²) in [6.07, 6.45) is -0.681. The van der Waals surface area contributed by atoms with Gasteiger partial charge in [0.15, 0.2) is 0 Å². The fourth-order valence-electron chi connectivity index (χ4n) is 0.434. The summed E-state index contributed by atoms with van der Waals surface area (Å²) in [5, 5.41) is 9.08. The second kappa shape index (κ2) is 3.01. The van der Waals surface area contributed by atoms with E-state index in [1.807, 2.05) is 0 Å². The molecule has 1 atom stereocenters. The minimum atomic E-state index is -0.797. The predicted octanol–water partition coefficient (Wildman–Crippen LogP) is 0.566. The van der Waals surface area contributed by atoms with Crippen molar-refractivity contribution >= 4 is 5.97 Å². The molecule has 0 saturated carbocycles. The lowest BCUT2D eigenvalue weighted by Crippen LogP contribution is -2.36. The van der Waals surface area contributed by atoms with Crippen molar-refractivity contribution in [2.75, 3.05) is 7.11 Å². The van der Waals surface area contributed by atoms with E-state index in [0.717, 1.165) is 0 Å². The van der Waals surface area contributed by atoms with Crippen molar-refractivity contribution < 1.29 is 14.6 Å². The normalized spacial score (nSPS) is 14.5. The van der Waals surface area contributed by atoms with E-state index < -0.39 is 11.5 Å². The SMILES string of the molecule is COC(=O)C(C)(C)[C@H](C)O. The average Bonchev–Trinajstić information content (AvgIpc) is 1.86. The lowest BCUT2D eigenvalue weighted by atomic mass is 9.88. The van der Waals surface area contributed by atoms with Gasteiger partial charge in [0.05, 0.1) is 18.6 Å². The summed E-state index contributed by atoms with van der Waals surface area (Å²) in [7, 11) is 1.31. The van der Waals surface area contributed by atoms with E-state index in [4.69, 9.17) is 5.11 Å². The summed E-state index contributed by atoms with van der Waals surface area (Å²) < 4.78 is 4.48. The molecule has 0 saturated heterocycles. The van der Waals surface area contributed by atoms with Crippen LogP contribution in [-0.4, -0.2) is 24.3 Å². The van der Waals surface area contributed by atoms with E-state index >= 15 is 0 Å². The first-order chi connectivity index (χ1) is 4.42. The van der Waals surface area contributed by atoms with E-state index in [1.165, 1.54) is 7.11 Å². The van der Waals surface area contributed by atoms with Gasteiger partial charge in [-0.2, -0.15) is 0 Å². The number of hydrogen-bond donors (Lipinski definition) is 1. The highest BCUT2D eigenvalue weighted by Gasteiger charge is 2.33. The number of hydrogen-bond acceptors (Lipinski definition) is 3. The third-order valence-electron chi connectivity index (χ3n) is 1.76. The van der Waals surface area contributed by atoms with Crippen molar-refractivity contribution in [1.82, 2.24) is 0 Å². The lowest BCUT2D eigenvalue weighted by molar-refractivity contribution is -0.156. The maximum absolute atomic E-state index is 10.9. The van der Waals surface area contributed by atoms with Crippen LogP contribution in [0.2, 0.25) is 0 Å². The standard InChI is InChI=1S/C7H14O3/c1-5(8)7(2,3)6(9)10-4/h5,8H,1-4H3/t5-/m0/s1. The Morgan fingerprint density at radius 2 is 2.00 bits per heavy atom. The number of aliphatic hydroxyl groups excluding tert-OH is 1. The van der Waals surface area contributed by atoms with Crippen LogP contribution in [-0.2, 0) is 9.53 Å². The van der Waals surface area contributed by atoms with E-state index in [0.29, 0.717) is 0 Å². The Morgan fingerprint density at radius 3 is 2.10 bits per heavy atom. The van der Waals surface area contributed by atoms with E-state index in [-0.39, 0.29) is 5.97 Å². The molecule has 10 heavy (non-hydrogen) atoms. The summed E-state index contributed by atoms with van der Waals surface area (Å²) in [6.45, 7) is 4.85. The van der Waals surface area contributed by atoms with Crippen molar-refractivity contribution in [2.45, 2.75) is 26.9 Å². The Morgan fingerprint density at radius 1 is 1.60 bits per heavy atom. The molecule has 60 valence electrons. The van der Waals surface area contributed by atoms with Gasteiger partial charge in [0.25, 0.3) is 0 Å². The molecule has 0 heterocycles. The summed E-state index contributed by atoms with van der Waals surface area (Å²) in [4.78, 5) is 10.9. The zero-order chi connectivity index (χ0) is 8.36. The van der Waals surface area contributed by atoms with Crippen LogP contribution in [0.4, 0.5) is 0 Å². The molecule has 0 aromatic rings. The van der Waals surface area contributed by atoms with Gasteiger partial charge in [-0.15, -0.1) is 0 Å². The molecule has 0 amide bonds. The molecular weight excluding hydrogens is 132 g/mol. The Bertz CT molecular complexity index is 127. The molecule has 0 aliphatic carbocycles. The lowest BCUT2D eigenvalue weighted by Gasteiger charge is -2.24. The molecule has 0 aromatic heterocycles. The summed E-state index contributed by atoms with van der Waals surface area (Å²) >= 11 is 0. The van der Waals surface area contributed by atoms with Crippen LogP contribution in [0.15, 0.2) is 0 Å². The first-order valence-corrected chi connectivity index (χ1v) is 3.19. The van der Waals surface area contributed by atoms with Gasteiger partial charge >= 0.3 is 5.97 Å². The van der Waals surface area contributed by atoms with Crippen LogP contribution in [0.5, 0.6) is 0 Å². The van der Waals surface area contributed by atoms with Crippen molar-refractivity contribution in [3.63, 3.8) is 0 Å². The van der Waals surface area contributed by atoms with Crippen LogP contribution in [0.1, 0.15) is 20.8 Å². The largest absolute Gasteiger partial charge is 0.469 e. The van der Waals surface area contributed by atoms with Gasteiger partial charge in [0.2, 0.25) is 0 Å². The highest BCUT2D eigenvalue weighted by Crippen LogP contribution is 2.21. The summed E-state index contributed by atoms with van der Waals surface area (Å²) in [6, 6.07) is 0. The Kier molecular flexibility index (Phi) is 2.84. The summed E-state index contributed by atoms with van der Waals surface area (Å²) in [5.41, 5.74) is -0.797. The molecule has 0 aliphatic heterocycles. The minimum absolute atomic E-state index is 0.387. The monoisotopic (exact) mass is 146 g/mol. The fraction of sp³-hybridized carbons (Fsp3) is 0.857. The van der Waals surface area contributed by atoms with Crippen molar-refractivity contribution in [3.05, 3.63) is 0 Å². The van der Waals surface area contributed by atoms with Gasteiger partial charge in [0.1, 0.15) is 0 Å². The zero-order valence-corrected chi connectivity index (χ0v) is 6.84. The van der Waals surface area contributed by atoms with Crippen LogP contribution in [0.3, 0.4) is 0 Å². The first kappa shape index (κ1) is 9.43. The average molecular weight is 146 g/mol. The number of ether oxygens (including phenoxy) is 1. The molecule has 0 radical (unpaired) electrons. The summed E-state index contributed by atoms with van der Waals surface area (Å²) in [5.74, 6) is -0.387. The van der Waals surface area contributed by atoms with E-state index in [2.05, 4.69) is 4.74 Å². The zero-order valence-electron chi connectivity index (χ0n) is 6.84. The number of carbonyl (C=O) groups excluding carboxylic acids is 1. The highest BCUT2D eigenvalue weighted by atomic mass is 16.5. The Balaban J connectivity index is 4.24. The van der Waals surface area contributed by atoms with E-state index in [9.17, 15) is 4.79 Å². The number of aliphatic hydroxyl groups is 1. The molecule has 3 nitrogen and oxygen atoms in total. The fourth-order valence-corrected chi connectivity index (χ4v) is 0.434. The Labute approximate surface area is 61.0 Å². The molecule has 0 rings (SSSR count). The van der Waals surface area contributed by atoms with Gasteiger partial charge in [-0.05, 0) is 20.8 Å². The van der Waals surface area contributed by atoms with Crippen LogP contribution in [0, 0.1) is 5.41 Å². The molecule has 0 bridgehead atoms. The maximum Gasteiger partial charge on any atom is 0.313 e. The van der Waals surface area contributed by atoms with Gasteiger partial charge in [-0.25, -0.2) is 0 Å². The van der Waals surface area contributed by atoms with Gasteiger partial charge in [-0.3, -0.25) is 4.79 Å². The molecule has 0 fully saturated rings. The number of carbonyl (C=O) groups is 1. The third kappa shape index (κ3) is 1.70. The van der Waals surface area contributed by atoms with Gasteiger partial charge in [0, 0.05) is 0 Å². The first-order valence-electron chi connectivity index (χ1n) is 3.19. The Hall–Kier alpha value is -0.570. The minimum Gasteiger partial charge on any atom is -0.469 e. The maximum atomic E-state index is 10.9. The van der Waals surface area contributed by atoms with Gasteiger partial charge < -0.3 is 9.84 Å². The molecular formula is C7H14O3. The third-order valence-corrected chi connectivity index (χ3v) is 1.76. The van der Waals surface area contributed by atoms with Gasteiger partial charge in [-0.1, -0.05) is 0 Å². The van der Waals surface area contributed by atoms with E-state index in [1.54, 1.807) is 20.8 Å². The second-order valence-corrected chi connectivity index (χ2v) is 2.89. The van der Waals surface area contributed by atoms with Crippen LogP contribution < -0.4 is 0 Å². The van der Waals surface area contributed by atoms with Crippen LogP contribution >= 0.6 is 0 Å². The number of methoxy groups -OCH3 is 1. The molecule has 3 heteroatoms. The van der Waals surface area contributed by atoms with Crippen LogP contribution in [0.25, 0.3) is 0 Å². The quantitative estimate of drug-likeness (QED) is 0.579. The molecule has 0 aromatic carbocycles. The van der Waals surface area contributed by atoms with Crippen molar-refractivity contribution in [3.8, 4) is 0 Å². The molecule has 1 N–H and O–H groups in total. The number of esters is 1. The predicted molar refractivity (Wildman–Crippen MR) is 37.5 cm³/mol. The van der Waals surface area contributed by atoms with Crippen molar-refractivity contribution in [2.24, 2.45) is 5.41 Å². The molecule has 0 spiro atoms. The number of rotatable bonds is 2. The smallest absolute Gasteiger partial charge is 0.313 e. The van der Waals surface area contributed by atoms with Crippen molar-refractivity contribution in [1.29, 1.82) is 0 Å².